The Bertz CT molecular complexity index is 410. The van der Waals surface area contributed by atoms with Gasteiger partial charge in [-0.05, 0) is 25.5 Å². The van der Waals surface area contributed by atoms with E-state index in [1.165, 1.54) is 0 Å². The summed E-state index contributed by atoms with van der Waals surface area (Å²) in [6, 6.07) is 7.28. The Balaban J connectivity index is 2.38. The molecular weight excluding hydrogens is 256 g/mol. The van der Waals surface area contributed by atoms with Crippen LogP contribution in [0.4, 0.5) is 4.79 Å². The first-order valence-corrected chi connectivity index (χ1v) is 7.02. The number of hydrogen-bond acceptors (Lipinski definition) is 3. The van der Waals surface area contributed by atoms with Crippen LogP contribution in [-0.2, 0) is 0 Å². The topological polar surface area (TPSA) is 50.8 Å². The number of nitrogens with one attached hydrogen (secondary N) is 1. The van der Waals surface area contributed by atoms with E-state index in [9.17, 15) is 4.79 Å². The maximum Gasteiger partial charge on any atom is 0.319 e. The van der Waals surface area contributed by atoms with Crippen LogP contribution in [0, 0.1) is 0 Å². The number of unbranched alkanes of at least 4 members (excludes halogenated alkanes) is 1. The lowest BCUT2D eigenvalue weighted by molar-refractivity contribution is 0.191. The van der Waals surface area contributed by atoms with Gasteiger partial charge in [-0.1, -0.05) is 25.5 Å². The summed E-state index contributed by atoms with van der Waals surface area (Å²) in [6.07, 6.45) is 2.06. The highest BCUT2D eigenvalue weighted by molar-refractivity contribution is 5.73. The second-order valence-corrected chi connectivity index (χ2v) is 4.43. The van der Waals surface area contributed by atoms with E-state index in [0.717, 1.165) is 19.4 Å². The predicted octanol–water partition coefficient (Wildman–Crippen LogP) is 2.86. The predicted molar refractivity (Wildman–Crippen MR) is 79.2 cm³/mol. The quantitative estimate of drug-likeness (QED) is 0.745. The average Bonchev–Trinajstić information content (AvgIpc) is 2.46. The minimum absolute atomic E-state index is 0.124. The largest absolute Gasteiger partial charge is 0.490 e. The van der Waals surface area contributed by atoms with E-state index >= 15 is 0 Å². The second kappa shape index (κ2) is 9.07. The number of rotatable bonds is 8. The van der Waals surface area contributed by atoms with E-state index in [-0.39, 0.29) is 12.8 Å². The molecule has 0 radical (unpaired) electrons. The van der Waals surface area contributed by atoms with Gasteiger partial charge in [0.2, 0.25) is 0 Å². The molecule has 0 saturated heterocycles. The van der Waals surface area contributed by atoms with Crippen molar-refractivity contribution in [3.8, 4) is 11.5 Å². The van der Waals surface area contributed by atoms with Crippen LogP contribution < -0.4 is 14.8 Å². The van der Waals surface area contributed by atoms with Crippen molar-refractivity contribution in [1.82, 2.24) is 10.2 Å². The molecule has 0 saturated carbocycles. The number of ether oxygens (including phenoxy) is 2. The van der Waals surface area contributed by atoms with E-state index in [0.29, 0.717) is 18.1 Å². The van der Waals surface area contributed by atoms with Gasteiger partial charge in [0.05, 0.1) is 6.61 Å². The molecule has 1 aromatic carbocycles. The number of para-hydroxylation sites is 2. The van der Waals surface area contributed by atoms with Crippen LogP contribution >= 0.6 is 0 Å². The SMILES string of the molecule is CCCCN(C)C(=O)NCOc1ccccc1OCC. The van der Waals surface area contributed by atoms with E-state index < -0.39 is 0 Å². The lowest BCUT2D eigenvalue weighted by atomic mass is 10.3. The smallest absolute Gasteiger partial charge is 0.319 e. The first kappa shape index (κ1) is 16.1. The van der Waals surface area contributed by atoms with Crippen LogP contribution in [0.3, 0.4) is 0 Å². The average molecular weight is 280 g/mol. The van der Waals surface area contributed by atoms with Crippen molar-refractivity contribution in [3.63, 3.8) is 0 Å². The molecule has 5 nitrogen and oxygen atoms in total. The first-order chi connectivity index (χ1) is 9.69. The molecule has 0 unspecified atom stereocenters. The van der Waals surface area contributed by atoms with Crippen LogP contribution in [0.25, 0.3) is 0 Å². The first-order valence-electron chi connectivity index (χ1n) is 7.02. The van der Waals surface area contributed by atoms with Crippen LogP contribution in [0.5, 0.6) is 11.5 Å². The summed E-state index contributed by atoms with van der Waals surface area (Å²) in [5.74, 6) is 1.31. The number of carbonyl (C=O) groups excluding carboxylic acids is 1. The van der Waals surface area contributed by atoms with Crippen molar-refractivity contribution < 1.29 is 14.3 Å². The Morgan fingerprint density at radius 2 is 1.85 bits per heavy atom. The zero-order valence-corrected chi connectivity index (χ0v) is 12.5. The summed E-state index contributed by atoms with van der Waals surface area (Å²) in [7, 11) is 1.78. The molecule has 0 aliphatic carbocycles. The van der Waals surface area contributed by atoms with Gasteiger partial charge in [0.15, 0.2) is 18.2 Å². The molecule has 5 heteroatoms. The third-order valence-corrected chi connectivity index (χ3v) is 2.79. The monoisotopic (exact) mass is 280 g/mol. The van der Waals surface area contributed by atoms with Gasteiger partial charge in [-0.2, -0.15) is 0 Å². The van der Waals surface area contributed by atoms with Crippen LogP contribution in [0.1, 0.15) is 26.7 Å². The fraction of sp³-hybridized carbons (Fsp3) is 0.533. The molecule has 20 heavy (non-hydrogen) atoms. The molecule has 0 aliphatic heterocycles. The van der Waals surface area contributed by atoms with Gasteiger partial charge in [0.1, 0.15) is 0 Å². The lowest BCUT2D eigenvalue weighted by Crippen LogP contribution is -2.39. The Morgan fingerprint density at radius 3 is 2.45 bits per heavy atom. The zero-order valence-electron chi connectivity index (χ0n) is 12.5. The highest BCUT2D eigenvalue weighted by atomic mass is 16.5. The Hall–Kier alpha value is -1.91. The van der Waals surface area contributed by atoms with E-state index in [1.807, 2.05) is 31.2 Å². The van der Waals surface area contributed by atoms with E-state index in [2.05, 4.69) is 12.2 Å². The van der Waals surface area contributed by atoms with Gasteiger partial charge in [0, 0.05) is 13.6 Å². The summed E-state index contributed by atoms with van der Waals surface area (Å²) >= 11 is 0. The zero-order chi connectivity index (χ0) is 14.8. The Labute approximate surface area is 120 Å². The van der Waals surface area contributed by atoms with Crippen molar-refractivity contribution in [2.45, 2.75) is 26.7 Å². The number of hydrogen-bond donors (Lipinski definition) is 1. The van der Waals surface area contributed by atoms with E-state index in [4.69, 9.17) is 9.47 Å². The molecule has 112 valence electrons. The summed E-state index contributed by atoms with van der Waals surface area (Å²) in [6.45, 7) is 5.46. The number of benzene rings is 1. The second-order valence-electron chi connectivity index (χ2n) is 4.43. The normalized spacial score (nSPS) is 9.95. The lowest BCUT2D eigenvalue weighted by Gasteiger charge is -2.18. The van der Waals surface area contributed by atoms with Crippen LogP contribution in [0.15, 0.2) is 24.3 Å². The van der Waals surface area contributed by atoms with Crippen LogP contribution in [-0.4, -0.2) is 37.9 Å². The van der Waals surface area contributed by atoms with E-state index in [1.54, 1.807) is 11.9 Å². The molecule has 1 aromatic rings. The molecule has 1 rings (SSSR count). The summed E-state index contributed by atoms with van der Waals surface area (Å²) in [5, 5.41) is 2.72. The summed E-state index contributed by atoms with van der Waals surface area (Å²) in [4.78, 5) is 13.4. The van der Waals surface area contributed by atoms with Gasteiger partial charge in [-0.3, -0.25) is 0 Å². The summed E-state index contributed by atoms with van der Waals surface area (Å²) in [5.41, 5.74) is 0. The maximum atomic E-state index is 11.8. The highest BCUT2D eigenvalue weighted by Gasteiger charge is 2.08. The van der Waals surface area contributed by atoms with Crippen molar-refractivity contribution in [1.29, 1.82) is 0 Å². The van der Waals surface area contributed by atoms with Gasteiger partial charge in [-0.25, -0.2) is 4.79 Å². The molecule has 0 heterocycles. The number of nitrogens with zero attached hydrogens (tertiary/aromatic N) is 1. The van der Waals surface area contributed by atoms with Gasteiger partial charge in [0.25, 0.3) is 0 Å². The van der Waals surface area contributed by atoms with Gasteiger partial charge >= 0.3 is 6.03 Å². The Kier molecular flexibility index (Phi) is 7.32. The third-order valence-electron chi connectivity index (χ3n) is 2.79. The molecule has 0 aliphatic rings. The minimum Gasteiger partial charge on any atom is -0.490 e. The van der Waals surface area contributed by atoms with Crippen molar-refractivity contribution >= 4 is 6.03 Å². The van der Waals surface area contributed by atoms with Gasteiger partial charge in [-0.15, -0.1) is 0 Å². The molecule has 0 atom stereocenters. The fourth-order valence-electron chi connectivity index (χ4n) is 1.65. The molecular formula is C15H24N2O3. The molecule has 0 aromatic heterocycles. The molecule has 2 amide bonds. The molecule has 0 fully saturated rings. The number of amides is 2. The molecule has 0 spiro atoms. The molecule has 1 N–H and O–H groups in total. The number of urea groups is 1. The van der Waals surface area contributed by atoms with Crippen molar-refractivity contribution in [2.24, 2.45) is 0 Å². The van der Waals surface area contributed by atoms with Crippen LogP contribution in [0.2, 0.25) is 0 Å². The fourth-order valence-corrected chi connectivity index (χ4v) is 1.65. The Morgan fingerprint density at radius 1 is 1.20 bits per heavy atom. The van der Waals surface area contributed by atoms with Crippen molar-refractivity contribution in [3.05, 3.63) is 24.3 Å². The molecule has 0 bridgehead atoms. The standard InChI is InChI=1S/C15H24N2O3/c1-4-6-11-17(3)15(18)16-12-20-14-10-8-7-9-13(14)19-5-2/h7-10H,4-6,11-12H2,1-3H3,(H,16,18). The maximum absolute atomic E-state index is 11.8. The summed E-state index contributed by atoms with van der Waals surface area (Å²) < 4.78 is 11.0. The van der Waals surface area contributed by atoms with Gasteiger partial charge < -0.3 is 19.7 Å². The number of carbonyl (C=O) groups is 1. The van der Waals surface area contributed by atoms with Crippen molar-refractivity contribution in [2.75, 3.05) is 26.9 Å². The third kappa shape index (κ3) is 5.38. The minimum atomic E-state index is -0.132. The highest BCUT2D eigenvalue weighted by Crippen LogP contribution is 2.25.